The van der Waals surface area contributed by atoms with Crippen LogP contribution < -0.4 is 0 Å². The quantitative estimate of drug-likeness (QED) is 0.685. The average Bonchev–Trinajstić information content (AvgIpc) is 3.12. The molecular weight excluding hydrogens is 303 g/mol. The molecule has 0 spiro atoms. The first-order valence-corrected chi connectivity index (χ1v) is 7.66. The van der Waals surface area contributed by atoms with Gasteiger partial charge in [-0.25, -0.2) is 9.37 Å². The highest BCUT2D eigenvalue weighted by atomic mass is 32.2. The summed E-state index contributed by atoms with van der Waals surface area (Å²) in [5, 5.41) is 4.76. The van der Waals surface area contributed by atoms with E-state index in [1.165, 1.54) is 17.8 Å². The molecule has 22 heavy (non-hydrogen) atoms. The second-order valence-electron chi connectivity index (χ2n) is 5.00. The highest BCUT2D eigenvalue weighted by molar-refractivity contribution is 7.99. The summed E-state index contributed by atoms with van der Waals surface area (Å²) < 4.78 is 20.8. The molecule has 0 saturated heterocycles. The van der Waals surface area contributed by atoms with E-state index in [-0.39, 0.29) is 11.1 Å². The van der Waals surface area contributed by atoms with E-state index in [2.05, 4.69) is 15.1 Å². The molecule has 1 aromatic carbocycles. The first-order valence-electron chi connectivity index (χ1n) is 6.78. The van der Waals surface area contributed by atoms with Crippen molar-refractivity contribution in [1.29, 1.82) is 0 Å². The third-order valence-electron chi connectivity index (χ3n) is 3.28. The van der Waals surface area contributed by atoms with E-state index >= 15 is 0 Å². The summed E-state index contributed by atoms with van der Waals surface area (Å²) in [6, 6.07) is 4.90. The second-order valence-corrected chi connectivity index (χ2v) is 6.31. The third-order valence-corrected chi connectivity index (χ3v) is 4.44. The molecule has 0 radical (unpaired) electrons. The predicted octanol–water partition coefficient (Wildman–Crippen LogP) is 3.77. The largest absolute Gasteiger partial charge is 0.338 e. The molecule has 0 unspecified atom stereocenters. The van der Waals surface area contributed by atoms with Crippen molar-refractivity contribution in [2.75, 3.05) is 0 Å². The van der Waals surface area contributed by atoms with Crippen LogP contribution in [0.15, 0.2) is 40.3 Å². The molecule has 0 N–H and O–H groups in total. The maximum Gasteiger partial charge on any atom is 0.240 e. The number of halogens is 1. The van der Waals surface area contributed by atoms with Crippen LogP contribution in [0.2, 0.25) is 0 Å². The van der Waals surface area contributed by atoms with Gasteiger partial charge < -0.3 is 9.09 Å². The van der Waals surface area contributed by atoms with Gasteiger partial charge in [0.05, 0.1) is 5.25 Å². The van der Waals surface area contributed by atoms with E-state index in [1.807, 2.05) is 24.7 Å². The van der Waals surface area contributed by atoms with Crippen LogP contribution in [0.5, 0.6) is 0 Å². The molecule has 7 heteroatoms. The first-order chi connectivity index (χ1) is 10.5. The second kappa shape index (κ2) is 5.92. The molecule has 0 aliphatic carbocycles. The average molecular weight is 318 g/mol. The lowest BCUT2D eigenvalue weighted by Gasteiger charge is -2.05. The lowest BCUT2D eigenvalue weighted by atomic mass is 10.1. The van der Waals surface area contributed by atoms with Crippen LogP contribution in [0.3, 0.4) is 0 Å². The van der Waals surface area contributed by atoms with Gasteiger partial charge in [0, 0.05) is 25.0 Å². The van der Waals surface area contributed by atoms with Crippen LogP contribution in [-0.2, 0) is 7.05 Å². The lowest BCUT2D eigenvalue weighted by molar-refractivity contribution is 0.380. The Morgan fingerprint density at radius 3 is 2.86 bits per heavy atom. The van der Waals surface area contributed by atoms with Crippen molar-refractivity contribution < 1.29 is 8.91 Å². The number of nitrogens with zero attached hydrogens (tertiary/aromatic N) is 4. The zero-order chi connectivity index (χ0) is 15.7. The van der Waals surface area contributed by atoms with Crippen molar-refractivity contribution in [2.24, 2.45) is 7.05 Å². The van der Waals surface area contributed by atoms with E-state index in [0.717, 1.165) is 5.16 Å². The normalized spacial score (nSPS) is 12.5. The van der Waals surface area contributed by atoms with Crippen molar-refractivity contribution in [1.82, 2.24) is 19.7 Å². The number of thioether (sulfide) groups is 1. The number of hydrogen-bond acceptors (Lipinski definition) is 5. The van der Waals surface area contributed by atoms with E-state index in [1.54, 1.807) is 25.3 Å². The number of benzene rings is 1. The van der Waals surface area contributed by atoms with Gasteiger partial charge >= 0.3 is 0 Å². The summed E-state index contributed by atoms with van der Waals surface area (Å²) in [6.45, 7) is 3.68. The van der Waals surface area contributed by atoms with E-state index in [0.29, 0.717) is 22.8 Å². The van der Waals surface area contributed by atoms with Crippen molar-refractivity contribution in [2.45, 2.75) is 24.3 Å². The molecule has 0 bridgehead atoms. The van der Waals surface area contributed by atoms with Gasteiger partial charge in [0.25, 0.3) is 0 Å². The number of imidazole rings is 1. The number of aryl methyl sites for hydroxylation is 2. The standard InChI is InChI=1S/C15H15FN4OS/c1-9-4-5-11(8-12(9)16)13-18-14(21-19-13)10(2)22-15-17-6-7-20(15)3/h4-8,10H,1-3H3/t10-/m0/s1. The minimum atomic E-state index is -0.278. The summed E-state index contributed by atoms with van der Waals surface area (Å²) >= 11 is 1.53. The number of rotatable bonds is 4. The molecule has 0 fully saturated rings. The molecule has 0 aliphatic heterocycles. The van der Waals surface area contributed by atoms with Crippen molar-refractivity contribution >= 4 is 11.8 Å². The van der Waals surface area contributed by atoms with Crippen LogP contribution in [0, 0.1) is 12.7 Å². The molecule has 0 amide bonds. The molecule has 3 rings (SSSR count). The zero-order valence-electron chi connectivity index (χ0n) is 12.4. The Labute approximate surface area is 131 Å². The van der Waals surface area contributed by atoms with Crippen LogP contribution in [0.1, 0.15) is 23.6 Å². The molecule has 3 aromatic rings. The van der Waals surface area contributed by atoms with Gasteiger partial charge in [0.1, 0.15) is 5.82 Å². The van der Waals surface area contributed by atoms with Crippen LogP contribution in [-0.4, -0.2) is 19.7 Å². The predicted molar refractivity (Wildman–Crippen MR) is 81.9 cm³/mol. The van der Waals surface area contributed by atoms with Crippen LogP contribution in [0.4, 0.5) is 4.39 Å². The monoisotopic (exact) mass is 318 g/mol. The van der Waals surface area contributed by atoms with Crippen molar-refractivity contribution in [3.8, 4) is 11.4 Å². The minimum Gasteiger partial charge on any atom is -0.338 e. The zero-order valence-corrected chi connectivity index (χ0v) is 13.3. The van der Waals surface area contributed by atoms with Gasteiger partial charge in [0.2, 0.25) is 11.7 Å². The Morgan fingerprint density at radius 1 is 1.36 bits per heavy atom. The summed E-state index contributed by atoms with van der Waals surface area (Å²) in [5.41, 5.74) is 1.19. The van der Waals surface area contributed by atoms with Gasteiger partial charge in [0.15, 0.2) is 5.16 Å². The smallest absolute Gasteiger partial charge is 0.240 e. The van der Waals surface area contributed by atoms with Gasteiger partial charge in [-0.3, -0.25) is 0 Å². The molecule has 0 aliphatic rings. The molecule has 1 atom stereocenters. The summed E-state index contributed by atoms with van der Waals surface area (Å²) in [7, 11) is 1.93. The fourth-order valence-corrected chi connectivity index (χ4v) is 2.79. The highest BCUT2D eigenvalue weighted by Gasteiger charge is 2.18. The Kier molecular flexibility index (Phi) is 3.98. The topological polar surface area (TPSA) is 56.7 Å². The Bertz CT molecular complexity index is 798. The molecule has 2 aromatic heterocycles. The summed E-state index contributed by atoms with van der Waals surface area (Å²) in [5.74, 6) is 0.601. The van der Waals surface area contributed by atoms with Crippen molar-refractivity contribution in [3.05, 3.63) is 47.9 Å². The van der Waals surface area contributed by atoms with Gasteiger partial charge in [-0.15, -0.1) is 0 Å². The number of hydrogen-bond donors (Lipinski definition) is 0. The lowest BCUT2D eigenvalue weighted by Crippen LogP contribution is -1.94. The highest BCUT2D eigenvalue weighted by Crippen LogP contribution is 2.33. The van der Waals surface area contributed by atoms with E-state index < -0.39 is 0 Å². The van der Waals surface area contributed by atoms with E-state index in [4.69, 9.17) is 4.52 Å². The Hall–Kier alpha value is -2.15. The van der Waals surface area contributed by atoms with Gasteiger partial charge in [-0.05, 0) is 25.5 Å². The molecule has 0 saturated carbocycles. The fourth-order valence-electron chi connectivity index (χ4n) is 1.92. The first kappa shape index (κ1) is 14.8. The molecule has 2 heterocycles. The molecule has 114 valence electrons. The Balaban J connectivity index is 1.81. The van der Waals surface area contributed by atoms with Crippen molar-refractivity contribution in [3.63, 3.8) is 0 Å². The van der Waals surface area contributed by atoms with Crippen LogP contribution >= 0.6 is 11.8 Å². The summed E-state index contributed by atoms with van der Waals surface area (Å²) in [6.07, 6.45) is 3.62. The third kappa shape index (κ3) is 2.89. The van der Waals surface area contributed by atoms with Gasteiger partial charge in [-0.2, -0.15) is 4.98 Å². The summed E-state index contributed by atoms with van der Waals surface area (Å²) in [4.78, 5) is 8.61. The fraction of sp³-hybridized carbons (Fsp3) is 0.267. The van der Waals surface area contributed by atoms with Gasteiger partial charge in [-0.1, -0.05) is 29.1 Å². The van der Waals surface area contributed by atoms with E-state index in [9.17, 15) is 4.39 Å². The minimum absolute atomic E-state index is 0.0438. The maximum absolute atomic E-state index is 13.6. The SMILES string of the molecule is Cc1ccc(-c2noc([C@H](C)Sc3nccn3C)n2)cc1F. The maximum atomic E-state index is 13.6. The van der Waals surface area contributed by atoms with Crippen LogP contribution in [0.25, 0.3) is 11.4 Å². The number of aromatic nitrogens is 4. The Morgan fingerprint density at radius 2 is 2.18 bits per heavy atom. The molecular formula is C15H15FN4OS. The molecule has 5 nitrogen and oxygen atoms in total.